The Morgan fingerprint density at radius 1 is 0.786 bits per heavy atom. The van der Waals surface area contributed by atoms with Crippen LogP contribution in [0.3, 0.4) is 0 Å². The van der Waals surface area contributed by atoms with E-state index in [-0.39, 0.29) is 12.1 Å². The highest BCUT2D eigenvalue weighted by molar-refractivity contribution is 6.14. The highest BCUT2D eigenvalue weighted by atomic mass is 16.2. The molecule has 0 bridgehead atoms. The quantitative estimate of drug-likeness (QED) is 0.479. The number of nitrogens with one attached hydrogen (secondary N) is 1. The van der Waals surface area contributed by atoms with Crippen molar-refractivity contribution in [3.8, 4) is 0 Å². The fraction of sp³-hybridized carbons (Fsp3) is 0.0800. The van der Waals surface area contributed by atoms with Gasteiger partial charge in [-0.3, -0.25) is 9.69 Å². The van der Waals surface area contributed by atoms with Gasteiger partial charge in [0, 0.05) is 11.4 Å². The highest BCUT2D eigenvalue weighted by Crippen LogP contribution is 2.38. The number of hydrogen-bond acceptors (Lipinski definition) is 2. The highest BCUT2D eigenvalue weighted by Gasteiger charge is 2.34. The average molecular weight is 364 g/mol. The summed E-state index contributed by atoms with van der Waals surface area (Å²) < 4.78 is 0. The van der Waals surface area contributed by atoms with Gasteiger partial charge >= 0.3 is 0 Å². The number of anilines is 2. The Balaban J connectivity index is 1.70. The van der Waals surface area contributed by atoms with Gasteiger partial charge < -0.3 is 5.32 Å². The largest absolute Gasteiger partial charge is 0.360 e. The lowest BCUT2D eigenvalue weighted by Crippen LogP contribution is -2.43. The average Bonchev–Trinajstić information content (AvgIpc) is 2.74. The second-order valence-corrected chi connectivity index (χ2v) is 7.21. The fourth-order valence-corrected chi connectivity index (χ4v) is 3.83. The second kappa shape index (κ2) is 6.54. The van der Waals surface area contributed by atoms with Crippen LogP contribution in [0.15, 0.2) is 91.0 Å². The predicted molar refractivity (Wildman–Crippen MR) is 115 cm³/mol. The molecule has 0 saturated heterocycles. The molecule has 5 rings (SSSR count). The summed E-state index contributed by atoms with van der Waals surface area (Å²) in [7, 11) is 0. The van der Waals surface area contributed by atoms with Crippen LogP contribution < -0.4 is 10.2 Å². The van der Waals surface area contributed by atoms with E-state index < -0.39 is 0 Å². The van der Waals surface area contributed by atoms with E-state index in [4.69, 9.17) is 0 Å². The number of benzene rings is 4. The van der Waals surface area contributed by atoms with Gasteiger partial charge in [0.05, 0.1) is 5.56 Å². The van der Waals surface area contributed by atoms with Crippen molar-refractivity contribution in [1.29, 1.82) is 0 Å². The molecular formula is C25H20N2O. The third-order valence-electron chi connectivity index (χ3n) is 5.31. The van der Waals surface area contributed by atoms with Crippen LogP contribution in [0.5, 0.6) is 0 Å². The van der Waals surface area contributed by atoms with Gasteiger partial charge in [-0.05, 0) is 47.5 Å². The molecule has 0 spiro atoms. The molecule has 1 heterocycles. The van der Waals surface area contributed by atoms with Crippen molar-refractivity contribution in [2.45, 2.75) is 13.1 Å². The predicted octanol–water partition coefficient (Wildman–Crippen LogP) is 5.92. The maximum Gasteiger partial charge on any atom is 0.262 e. The van der Waals surface area contributed by atoms with Gasteiger partial charge in [-0.2, -0.15) is 0 Å². The van der Waals surface area contributed by atoms with Gasteiger partial charge in [0.2, 0.25) is 0 Å². The lowest BCUT2D eigenvalue weighted by Gasteiger charge is -2.38. The number of aryl methyl sites for hydroxylation is 1. The molecule has 4 aromatic rings. The van der Waals surface area contributed by atoms with Crippen LogP contribution >= 0.6 is 0 Å². The van der Waals surface area contributed by atoms with Gasteiger partial charge in [0.1, 0.15) is 6.17 Å². The molecule has 1 atom stereocenters. The molecule has 0 aromatic heterocycles. The molecule has 136 valence electrons. The molecule has 4 aromatic carbocycles. The third kappa shape index (κ3) is 2.72. The minimum atomic E-state index is -0.259. The van der Waals surface area contributed by atoms with Crippen molar-refractivity contribution >= 4 is 28.1 Å². The van der Waals surface area contributed by atoms with Crippen LogP contribution in [0, 0.1) is 6.92 Å². The summed E-state index contributed by atoms with van der Waals surface area (Å²) in [6.07, 6.45) is -0.259. The summed E-state index contributed by atoms with van der Waals surface area (Å²) in [4.78, 5) is 15.5. The van der Waals surface area contributed by atoms with E-state index in [9.17, 15) is 4.79 Å². The second-order valence-electron chi connectivity index (χ2n) is 7.21. The standard InChI is InChI=1S/C25H20N2O/c1-17-11-13-21(14-12-17)27-24(18-7-3-2-4-8-18)26-23-16-20-10-6-5-9-19(20)15-22(23)25(27)28/h2-16,24,26H,1H3. The van der Waals surface area contributed by atoms with E-state index in [0.29, 0.717) is 5.56 Å². The van der Waals surface area contributed by atoms with Crippen molar-refractivity contribution < 1.29 is 4.79 Å². The van der Waals surface area contributed by atoms with Crippen LogP contribution in [0.4, 0.5) is 11.4 Å². The van der Waals surface area contributed by atoms with E-state index in [1.165, 1.54) is 5.56 Å². The summed E-state index contributed by atoms with van der Waals surface area (Å²) in [5.74, 6) is 0.0113. The lowest BCUT2D eigenvalue weighted by atomic mass is 9.99. The van der Waals surface area contributed by atoms with Crippen LogP contribution in [0.1, 0.15) is 27.7 Å². The minimum Gasteiger partial charge on any atom is -0.360 e. The van der Waals surface area contributed by atoms with Crippen LogP contribution in [-0.2, 0) is 0 Å². The first kappa shape index (κ1) is 16.6. The first-order valence-electron chi connectivity index (χ1n) is 9.45. The Hall–Kier alpha value is -3.59. The summed E-state index contributed by atoms with van der Waals surface area (Å²) in [6.45, 7) is 2.05. The first-order valence-corrected chi connectivity index (χ1v) is 9.45. The molecule has 0 saturated carbocycles. The topological polar surface area (TPSA) is 32.3 Å². The number of carbonyl (C=O) groups excluding carboxylic acids is 1. The molecule has 3 nitrogen and oxygen atoms in total. The van der Waals surface area contributed by atoms with E-state index in [1.54, 1.807) is 0 Å². The molecule has 1 unspecified atom stereocenters. The molecular weight excluding hydrogens is 344 g/mol. The Labute approximate surface area is 164 Å². The molecule has 0 radical (unpaired) electrons. The zero-order valence-corrected chi connectivity index (χ0v) is 15.6. The van der Waals surface area contributed by atoms with Crippen molar-refractivity contribution in [3.05, 3.63) is 108 Å². The summed E-state index contributed by atoms with van der Waals surface area (Å²) in [6, 6.07) is 30.4. The molecule has 1 aliphatic rings. The van der Waals surface area contributed by atoms with Gasteiger partial charge in [-0.1, -0.05) is 72.3 Å². The zero-order chi connectivity index (χ0) is 19.1. The van der Waals surface area contributed by atoms with E-state index >= 15 is 0 Å². The van der Waals surface area contributed by atoms with Gasteiger partial charge in [0.25, 0.3) is 5.91 Å². The van der Waals surface area contributed by atoms with Crippen LogP contribution in [0.25, 0.3) is 10.8 Å². The minimum absolute atomic E-state index is 0.0113. The number of nitrogens with zero attached hydrogens (tertiary/aromatic N) is 1. The van der Waals surface area contributed by atoms with Gasteiger partial charge in [-0.15, -0.1) is 0 Å². The normalized spacial score (nSPS) is 16.0. The third-order valence-corrected chi connectivity index (χ3v) is 5.31. The Morgan fingerprint density at radius 3 is 2.14 bits per heavy atom. The fourth-order valence-electron chi connectivity index (χ4n) is 3.83. The van der Waals surface area contributed by atoms with Gasteiger partial charge in [-0.25, -0.2) is 0 Å². The summed E-state index contributed by atoms with van der Waals surface area (Å²) >= 11 is 0. The smallest absolute Gasteiger partial charge is 0.262 e. The summed E-state index contributed by atoms with van der Waals surface area (Å²) in [5, 5.41) is 5.79. The molecule has 1 N–H and O–H groups in total. The first-order chi connectivity index (χ1) is 13.7. The number of rotatable bonds is 2. The van der Waals surface area contributed by atoms with Crippen molar-refractivity contribution in [1.82, 2.24) is 0 Å². The monoisotopic (exact) mass is 364 g/mol. The molecule has 1 aliphatic heterocycles. The molecule has 1 amide bonds. The summed E-state index contributed by atoms with van der Waals surface area (Å²) in [5.41, 5.74) is 4.68. The molecule has 0 aliphatic carbocycles. The molecule has 3 heteroatoms. The van der Waals surface area contributed by atoms with E-state index in [0.717, 1.165) is 27.7 Å². The number of carbonyl (C=O) groups is 1. The lowest BCUT2D eigenvalue weighted by molar-refractivity contribution is 0.0975. The SMILES string of the molecule is Cc1ccc(N2C(=O)c3cc4ccccc4cc3NC2c2ccccc2)cc1. The number of hydrogen-bond donors (Lipinski definition) is 1. The maximum atomic E-state index is 13.6. The Kier molecular flexibility index (Phi) is 3.87. The Morgan fingerprint density at radius 2 is 1.43 bits per heavy atom. The molecule has 28 heavy (non-hydrogen) atoms. The molecule has 0 fully saturated rings. The Bertz CT molecular complexity index is 1170. The zero-order valence-electron chi connectivity index (χ0n) is 15.6. The number of amides is 1. The van der Waals surface area contributed by atoms with Crippen LogP contribution in [-0.4, -0.2) is 5.91 Å². The number of fused-ring (bicyclic) bond motifs is 2. The van der Waals surface area contributed by atoms with Gasteiger partial charge in [0.15, 0.2) is 0 Å². The van der Waals surface area contributed by atoms with Crippen molar-refractivity contribution in [2.24, 2.45) is 0 Å². The van der Waals surface area contributed by atoms with Crippen molar-refractivity contribution in [3.63, 3.8) is 0 Å². The van der Waals surface area contributed by atoms with Crippen molar-refractivity contribution in [2.75, 3.05) is 10.2 Å². The van der Waals surface area contributed by atoms with Crippen LogP contribution in [0.2, 0.25) is 0 Å². The van der Waals surface area contributed by atoms with E-state index in [1.807, 2.05) is 71.6 Å². The van der Waals surface area contributed by atoms with E-state index in [2.05, 4.69) is 36.5 Å². The maximum absolute atomic E-state index is 13.6.